The molecule has 1 aliphatic carbocycles. The van der Waals surface area contributed by atoms with Crippen molar-refractivity contribution in [3.63, 3.8) is 0 Å². The van der Waals surface area contributed by atoms with Crippen LogP contribution in [0.2, 0.25) is 0 Å². The van der Waals surface area contributed by atoms with Gasteiger partial charge in [0.1, 0.15) is 0 Å². The molecule has 0 heterocycles. The maximum Gasteiger partial charge on any atom is 0.201 e. The van der Waals surface area contributed by atoms with Gasteiger partial charge in [0.05, 0.1) is 6.61 Å². The van der Waals surface area contributed by atoms with E-state index in [9.17, 15) is 8.78 Å². The van der Waals surface area contributed by atoms with Crippen LogP contribution in [0.1, 0.15) is 51.5 Å². The van der Waals surface area contributed by atoms with Gasteiger partial charge >= 0.3 is 0 Å². The quantitative estimate of drug-likeness (QED) is 0.594. The Hall–Kier alpha value is -1.64. The van der Waals surface area contributed by atoms with Gasteiger partial charge in [-0.25, -0.2) is 4.39 Å². The monoisotopic (exact) mass is 306 g/mol. The van der Waals surface area contributed by atoms with Gasteiger partial charge in [0.2, 0.25) is 5.82 Å². The lowest BCUT2D eigenvalue weighted by atomic mass is 9.84. The van der Waals surface area contributed by atoms with Crippen LogP contribution in [-0.4, -0.2) is 6.61 Å². The fourth-order valence-corrected chi connectivity index (χ4v) is 2.94. The number of hydrogen-bond donors (Lipinski definition) is 0. The molecule has 1 nitrogen and oxygen atoms in total. The molecule has 3 heteroatoms. The molecule has 1 unspecified atom stereocenters. The van der Waals surface area contributed by atoms with Crippen molar-refractivity contribution in [1.82, 2.24) is 0 Å². The van der Waals surface area contributed by atoms with E-state index in [-0.39, 0.29) is 5.75 Å². The van der Waals surface area contributed by atoms with E-state index in [1.54, 1.807) is 13.0 Å². The van der Waals surface area contributed by atoms with Crippen LogP contribution in [0.3, 0.4) is 0 Å². The smallest absolute Gasteiger partial charge is 0.201 e. The van der Waals surface area contributed by atoms with E-state index in [4.69, 9.17) is 4.74 Å². The second-order valence-electron chi connectivity index (χ2n) is 5.69. The third kappa shape index (κ3) is 3.96. The molecule has 120 valence electrons. The first-order valence-electron chi connectivity index (χ1n) is 8.08. The van der Waals surface area contributed by atoms with Crippen LogP contribution in [0.15, 0.2) is 30.4 Å². The van der Waals surface area contributed by atoms with Gasteiger partial charge in [-0.3, -0.25) is 0 Å². The van der Waals surface area contributed by atoms with Crippen molar-refractivity contribution in [1.29, 1.82) is 0 Å². The Balaban J connectivity index is 2.08. The highest BCUT2D eigenvalue weighted by Gasteiger charge is 2.20. The summed E-state index contributed by atoms with van der Waals surface area (Å²) in [6, 6.07) is 3.16. The Morgan fingerprint density at radius 2 is 2.09 bits per heavy atom. The second kappa shape index (κ2) is 8.11. The fourth-order valence-electron chi connectivity index (χ4n) is 2.94. The molecule has 1 atom stereocenters. The number of halogens is 2. The Bertz CT molecular complexity index is 561. The predicted molar refractivity (Wildman–Crippen MR) is 86.9 cm³/mol. The Morgan fingerprint density at radius 3 is 2.73 bits per heavy atom. The molecule has 0 N–H and O–H groups in total. The van der Waals surface area contributed by atoms with E-state index in [0.717, 1.165) is 37.7 Å². The Morgan fingerprint density at radius 1 is 1.27 bits per heavy atom. The number of benzene rings is 1. The maximum absolute atomic E-state index is 14.2. The van der Waals surface area contributed by atoms with Crippen LogP contribution >= 0.6 is 0 Å². The summed E-state index contributed by atoms with van der Waals surface area (Å²) in [6.45, 7) is 4.11. The molecule has 0 radical (unpaired) electrons. The molecule has 0 spiro atoms. The third-order valence-electron chi connectivity index (χ3n) is 4.19. The van der Waals surface area contributed by atoms with E-state index < -0.39 is 11.6 Å². The molecule has 0 aliphatic heterocycles. The van der Waals surface area contributed by atoms with Crippen molar-refractivity contribution in [2.45, 2.75) is 46.0 Å². The third-order valence-corrected chi connectivity index (χ3v) is 4.19. The lowest BCUT2D eigenvalue weighted by Gasteiger charge is -2.22. The average Bonchev–Trinajstić information content (AvgIpc) is 2.53. The van der Waals surface area contributed by atoms with Crippen molar-refractivity contribution < 1.29 is 13.5 Å². The van der Waals surface area contributed by atoms with Crippen molar-refractivity contribution in [3.8, 4) is 5.75 Å². The van der Waals surface area contributed by atoms with Gasteiger partial charge in [0.15, 0.2) is 11.6 Å². The Kier molecular flexibility index (Phi) is 6.17. The summed E-state index contributed by atoms with van der Waals surface area (Å²) in [5.74, 6) is -1.03. The van der Waals surface area contributed by atoms with Gasteiger partial charge in [0, 0.05) is 5.56 Å². The van der Waals surface area contributed by atoms with Gasteiger partial charge in [-0.05, 0) is 69.6 Å². The van der Waals surface area contributed by atoms with Crippen LogP contribution in [0, 0.1) is 17.6 Å². The highest BCUT2D eigenvalue weighted by molar-refractivity contribution is 5.67. The predicted octanol–water partition coefficient (Wildman–Crippen LogP) is 5.90. The molecule has 22 heavy (non-hydrogen) atoms. The number of hydrogen-bond acceptors (Lipinski definition) is 1. The zero-order valence-corrected chi connectivity index (χ0v) is 13.4. The SMILES string of the molecule is C/C=C/CCC1CC=C(c2ccc(OCC)c(F)c2F)CC1. The van der Waals surface area contributed by atoms with Crippen LogP contribution in [0.5, 0.6) is 5.75 Å². The Labute approximate surface area is 131 Å². The van der Waals surface area contributed by atoms with E-state index in [1.807, 2.05) is 6.92 Å². The fraction of sp³-hybridized carbons (Fsp3) is 0.474. The van der Waals surface area contributed by atoms with E-state index >= 15 is 0 Å². The van der Waals surface area contributed by atoms with Crippen molar-refractivity contribution in [2.75, 3.05) is 6.61 Å². The summed E-state index contributed by atoms with van der Waals surface area (Å²) in [4.78, 5) is 0. The molecule has 0 fully saturated rings. The first kappa shape index (κ1) is 16.7. The molecular weight excluding hydrogens is 282 g/mol. The molecule has 0 saturated carbocycles. The van der Waals surface area contributed by atoms with E-state index in [2.05, 4.69) is 18.2 Å². The first-order valence-corrected chi connectivity index (χ1v) is 8.08. The second-order valence-corrected chi connectivity index (χ2v) is 5.69. The van der Waals surface area contributed by atoms with Crippen LogP contribution in [0.4, 0.5) is 8.78 Å². The van der Waals surface area contributed by atoms with Gasteiger partial charge in [0.25, 0.3) is 0 Å². The molecule has 1 aromatic carbocycles. The highest BCUT2D eigenvalue weighted by atomic mass is 19.2. The largest absolute Gasteiger partial charge is 0.491 e. The molecular formula is C19H24F2O. The zero-order valence-electron chi connectivity index (χ0n) is 13.4. The van der Waals surface area contributed by atoms with Crippen molar-refractivity contribution in [2.24, 2.45) is 5.92 Å². The summed E-state index contributed by atoms with van der Waals surface area (Å²) >= 11 is 0. The molecule has 0 aromatic heterocycles. The molecule has 1 aliphatic rings. The zero-order chi connectivity index (χ0) is 15.9. The molecule has 1 aromatic rings. The van der Waals surface area contributed by atoms with Gasteiger partial charge in [-0.15, -0.1) is 0 Å². The van der Waals surface area contributed by atoms with Gasteiger partial charge in [-0.2, -0.15) is 4.39 Å². The number of allylic oxidation sites excluding steroid dienone is 4. The molecule has 2 rings (SSSR count). The summed E-state index contributed by atoms with van der Waals surface area (Å²) in [7, 11) is 0. The topological polar surface area (TPSA) is 9.23 Å². The van der Waals surface area contributed by atoms with Crippen LogP contribution in [-0.2, 0) is 0 Å². The normalized spacial score (nSPS) is 18.5. The molecule has 0 saturated heterocycles. The maximum atomic E-state index is 14.2. The average molecular weight is 306 g/mol. The molecule has 0 amide bonds. The van der Waals surface area contributed by atoms with Crippen molar-refractivity contribution in [3.05, 3.63) is 47.6 Å². The summed E-state index contributed by atoms with van der Waals surface area (Å²) in [6.07, 6.45) is 11.4. The van der Waals surface area contributed by atoms with Crippen LogP contribution in [0.25, 0.3) is 5.57 Å². The first-order chi connectivity index (χ1) is 10.7. The van der Waals surface area contributed by atoms with Gasteiger partial charge < -0.3 is 4.74 Å². The van der Waals surface area contributed by atoms with Crippen molar-refractivity contribution >= 4 is 5.57 Å². The van der Waals surface area contributed by atoms with Crippen LogP contribution < -0.4 is 4.74 Å². The van der Waals surface area contributed by atoms with E-state index in [1.165, 1.54) is 6.07 Å². The molecule has 0 bridgehead atoms. The number of rotatable bonds is 6. The lowest BCUT2D eigenvalue weighted by Crippen LogP contribution is -2.07. The minimum Gasteiger partial charge on any atom is -0.491 e. The minimum atomic E-state index is -0.879. The van der Waals surface area contributed by atoms with Gasteiger partial charge in [-0.1, -0.05) is 18.2 Å². The minimum absolute atomic E-state index is 0.00983. The summed E-state index contributed by atoms with van der Waals surface area (Å²) in [5.41, 5.74) is 1.30. The summed E-state index contributed by atoms with van der Waals surface area (Å²) in [5, 5.41) is 0. The number of ether oxygens (including phenoxy) is 1. The van der Waals surface area contributed by atoms with E-state index in [0.29, 0.717) is 18.1 Å². The lowest BCUT2D eigenvalue weighted by molar-refractivity contribution is 0.314. The standard InChI is InChI=1S/C19H24F2O/c1-3-5-6-7-14-8-10-15(11-9-14)16-12-13-17(22-4-2)19(21)18(16)20/h3,5,10,12-14H,4,6-9,11H2,1-2H3/b5-3+. The summed E-state index contributed by atoms with van der Waals surface area (Å²) < 4.78 is 33.3. The highest BCUT2D eigenvalue weighted by Crippen LogP contribution is 2.35.